The van der Waals surface area contributed by atoms with Gasteiger partial charge in [-0.25, -0.2) is 14.8 Å². The number of pyridine rings is 2. The van der Waals surface area contributed by atoms with E-state index in [0.717, 1.165) is 45.0 Å². The summed E-state index contributed by atoms with van der Waals surface area (Å²) in [6, 6.07) is 4.91. The van der Waals surface area contributed by atoms with Crippen LogP contribution >= 0.6 is 0 Å². The highest BCUT2D eigenvalue weighted by Crippen LogP contribution is 2.56. The van der Waals surface area contributed by atoms with Crippen molar-refractivity contribution in [2.24, 2.45) is 5.92 Å². The maximum atomic E-state index is 13.6. The Kier molecular flexibility index (Phi) is 7.35. The summed E-state index contributed by atoms with van der Waals surface area (Å²) >= 11 is 0. The van der Waals surface area contributed by atoms with Crippen LogP contribution in [0.25, 0.3) is 16.5 Å². The van der Waals surface area contributed by atoms with E-state index in [0.29, 0.717) is 42.2 Å². The Morgan fingerprint density at radius 2 is 1.94 bits per heavy atom. The van der Waals surface area contributed by atoms with Gasteiger partial charge in [0.1, 0.15) is 52.6 Å². The van der Waals surface area contributed by atoms with Gasteiger partial charge in [0.25, 0.3) is 0 Å². The molecule has 8 rings (SSSR count). The smallest absolute Gasteiger partial charge is 0.336 e. The number of nitrogens with zero attached hydrogens (tertiary/aromatic N) is 2. The molecule has 0 amide bonds. The standard InChI is InChI=1S/C38H36N4O8/c1-3-17(15-43)37(47)49-28-13-24-33(46)32-27(45)12-22(16-44)48-35(32)25-9-19-6-7-41-36(40)31(19)23-5-4-18-8-20-11-29(39)42-14-21(20)10-26(30(18)23)38(28,2)50-34(24)25/h3,5-7,11-12,14,26,28,43-44,46H,4,8-10,13,15-16H2,1-2H3,(H2,39,42)(H2,40,41). The molecule has 3 aromatic heterocycles. The molecule has 4 aliphatic rings. The lowest BCUT2D eigenvalue weighted by molar-refractivity contribution is -0.163. The first-order valence-electron chi connectivity index (χ1n) is 16.6. The fourth-order valence-electron chi connectivity index (χ4n) is 8.26. The number of benzene rings is 1. The van der Waals surface area contributed by atoms with Crippen molar-refractivity contribution < 1.29 is 34.0 Å². The number of carbonyl (C=O) groups excluding carboxylic acids is 1. The van der Waals surface area contributed by atoms with Gasteiger partial charge in [-0.15, -0.1) is 0 Å². The van der Waals surface area contributed by atoms with Gasteiger partial charge in [-0.1, -0.05) is 17.7 Å². The Morgan fingerprint density at radius 3 is 2.70 bits per heavy atom. The molecular formula is C38H36N4O8. The molecule has 0 saturated carbocycles. The average molecular weight is 677 g/mol. The molecule has 2 bridgehead atoms. The summed E-state index contributed by atoms with van der Waals surface area (Å²) in [5, 5.41) is 31.7. The van der Waals surface area contributed by atoms with Crippen LogP contribution in [0.15, 0.2) is 68.7 Å². The molecule has 0 fully saturated rings. The third kappa shape index (κ3) is 4.66. The molecule has 256 valence electrons. The summed E-state index contributed by atoms with van der Waals surface area (Å²) < 4.78 is 19.6. The third-order valence-corrected chi connectivity index (χ3v) is 10.8. The van der Waals surface area contributed by atoms with Crippen molar-refractivity contribution in [3.05, 3.63) is 109 Å². The van der Waals surface area contributed by atoms with Gasteiger partial charge in [-0.2, -0.15) is 0 Å². The van der Waals surface area contributed by atoms with Gasteiger partial charge in [-0.3, -0.25) is 4.79 Å². The summed E-state index contributed by atoms with van der Waals surface area (Å²) in [6.07, 6.45) is 7.88. The van der Waals surface area contributed by atoms with Crippen molar-refractivity contribution in [3.63, 3.8) is 0 Å². The van der Waals surface area contributed by atoms with Gasteiger partial charge in [0.15, 0.2) is 11.0 Å². The molecule has 3 unspecified atom stereocenters. The second-order valence-corrected chi connectivity index (χ2v) is 13.5. The quantitative estimate of drug-likeness (QED) is 0.155. The van der Waals surface area contributed by atoms with E-state index in [-0.39, 0.29) is 46.5 Å². The molecule has 2 aliphatic carbocycles. The fraction of sp³-hybridized carbons (Fsp3) is 0.316. The second kappa shape index (κ2) is 11.6. The molecule has 0 saturated heterocycles. The van der Waals surface area contributed by atoms with Crippen molar-refractivity contribution in [3.8, 4) is 11.5 Å². The number of carbonyl (C=O) groups is 1. The number of rotatable bonds is 4. The largest absolute Gasteiger partial charge is 0.507 e. The van der Waals surface area contributed by atoms with E-state index < -0.39 is 42.2 Å². The van der Waals surface area contributed by atoms with Crippen molar-refractivity contribution in [2.45, 2.75) is 64.3 Å². The van der Waals surface area contributed by atoms with E-state index in [2.05, 4.69) is 16.0 Å². The molecule has 2 aliphatic heterocycles. The molecule has 5 heterocycles. The topological polar surface area (TPSA) is 204 Å². The normalized spacial score (nSPS) is 22.2. The van der Waals surface area contributed by atoms with Gasteiger partial charge in [0.2, 0.25) is 0 Å². The first kappa shape index (κ1) is 31.8. The van der Waals surface area contributed by atoms with Crippen LogP contribution < -0.4 is 21.6 Å². The highest BCUT2D eigenvalue weighted by atomic mass is 16.6. The Bertz CT molecular complexity index is 2300. The second-order valence-electron chi connectivity index (χ2n) is 13.5. The minimum Gasteiger partial charge on any atom is -0.507 e. The van der Waals surface area contributed by atoms with E-state index in [9.17, 15) is 24.9 Å². The Balaban J connectivity index is 1.47. The summed E-state index contributed by atoms with van der Waals surface area (Å²) in [5.74, 6) is -0.487. The van der Waals surface area contributed by atoms with Gasteiger partial charge < -0.3 is 40.7 Å². The molecule has 12 heteroatoms. The maximum absolute atomic E-state index is 13.6. The summed E-state index contributed by atoms with van der Waals surface area (Å²) in [5.41, 5.74) is 18.5. The van der Waals surface area contributed by atoms with E-state index in [1.807, 2.05) is 19.1 Å². The Morgan fingerprint density at radius 1 is 1.12 bits per heavy atom. The number of allylic oxidation sites excluding steroid dienone is 4. The van der Waals surface area contributed by atoms with Crippen LogP contribution in [-0.4, -0.2) is 49.6 Å². The van der Waals surface area contributed by atoms with Gasteiger partial charge in [0.05, 0.1) is 12.2 Å². The molecule has 50 heavy (non-hydrogen) atoms. The number of aliphatic hydroxyl groups is 2. The molecule has 7 N–H and O–H groups in total. The van der Waals surface area contributed by atoms with E-state index in [1.165, 1.54) is 6.08 Å². The number of aromatic nitrogens is 2. The lowest BCUT2D eigenvalue weighted by Crippen LogP contribution is -2.57. The summed E-state index contributed by atoms with van der Waals surface area (Å²) in [4.78, 5) is 36.0. The number of hydrogen-bond acceptors (Lipinski definition) is 12. The molecule has 0 radical (unpaired) electrons. The van der Waals surface area contributed by atoms with Crippen LogP contribution in [0, 0.1) is 5.92 Å². The van der Waals surface area contributed by atoms with Gasteiger partial charge in [0, 0.05) is 53.9 Å². The summed E-state index contributed by atoms with van der Waals surface area (Å²) in [7, 11) is 0. The van der Waals surface area contributed by atoms with Crippen molar-refractivity contribution in [2.75, 3.05) is 18.1 Å². The molecule has 4 aromatic rings. The molecular weight excluding hydrogens is 640 g/mol. The lowest BCUT2D eigenvalue weighted by Gasteiger charge is -2.48. The van der Waals surface area contributed by atoms with Crippen molar-refractivity contribution >= 4 is 34.1 Å². The van der Waals surface area contributed by atoms with E-state index in [4.69, 9.17) is 25.4 Å². The number of fused-ring (bicyclic) bond motifs is 7. The van der Waals surface area contributed by atoms with Crippen LogP contribution in [0.3, 0.4) is 0 Å². The molecule has 3 atom stereocenters. The highest BCUT2D eigenvalue weighted by Gasteiger charge is 2.54. The van der Waals surface area contributed by atoms with Crippen LogP contribution in [0.2, 0.25) is 0 Å². The van der Waals surface area contributed by atoms with Crippen LogP contribution in [0.5, 0.6) is 11.5 Å². The number of aromatic hydroxyl groups is 1. The zero-order valence-electron chi connectivity index (χ0n) is 27.6. The first-order chi connectivity index (χ1) is 24.1. The Hall–Kier alpha value is -5.46. The number of esters is 1. The highest BCUT2D eigenvalue weighted by molar-refractivity contribution is 5.94. The van der Waals surface area contributed by atoms with E-state index >= 15 is 0 Å². The van der Waals surface area contributed by atoms with Gasteiger partial charge in [-0.05, 0) is 73.1 Å². The number of ether oxygens (including phenoxy) is 2. The number of anilines is 2. The third-order valence-electron chi connectivity index (χ3n) is 10.8. The predicted molar refractivity (Wildman–Crippen MR) is 184 cm³/mol. The summed E-state index contributed by atoms with van der Waals surface area (Å²) in [6.45, 7) is 2.47. The Labute approximate surface area is 286 Å². The maximum Gasteiger partial charge on any atom is 0.336 e. The number of phenolic OH excluding ortho intramolecular Hbond substituents is 1. The first-order valence-corrected chi connectivity index (χ1v) is 16.6. The minimum atomic E-state index is -1.29. The number of phenols is 1. The zero-order chi connectivity index (χ0) is 35.1. The predicted octanol–water partition coefficient (Wildman–Crippen LogP) is 3.59. The zero-order valence-corrected chi connectivity index (χ0v) is 27.6. The molecule has 1 aromatic carbocycles. The number of aliphatic hydroxyl groups excluding tert-OH is 2. The van der Waals surface area contributed by atoms with Crippen LogP contribution in [0.1, 0.15) is 59.4 Å². The fourth-order valence-corrected chi connectivity index (χ4v) is 8.26. The molecule has 0 spiro atoms. The number of nitrogens with two attached hydrogens (primary N) is 2. The van der Waals surface area contributed by atoms with Gasteiger partial charge >= 0.3 is 5.97 Å². The average Bonchev–Trinajstić information content (AvgIpc) is 3.40. The van der Waals surface area contributed by atoms with Crippen molar-refractivity contribution in [1.29, 1.82) is 0 Å². The van der Waals surface area contributed by atoms with E-state index in [1.54, 1.807) is 19.3 Å². The minimum absolute atomic E-state index is 0.00763. The monoisotopic (exact) mass is 676 g/mol. The number of hydrogen-bond donors (Lipinski definition) is 5. The van der Waals surface area contributed by atoms with Crippen LogP contribution in [0.4, 0.5) is 11.6 Å². The number of nitrogen functional groups attached to an aromatic ring is 2. The lowest BCUT2D eigenvalue weighted by atomic mass is 9.69. The van der Waals surface area contributed by atoms with Crippen LogP contribution in [-0.2, 0) is 41.8 Å². The molecule has 12 nitrogen and oxygen atoms in total. The SMILES string of the molecule is CC=C(CO)C(=O)OC1Cc2c3c(c4oc(CO)cc(=O)c4c2O)Cc2ccnc(N)c2C2=CCC4=C2C(Cc2cnc(N)cc2C4)C1(C)O3. The van der Waals surface area contributed by atoms with Crippen molar-refractivity contribution in [1.82, 2.24) is 9.97 Å².